The molecule has 1 unspecified atom stereocenters. The summed E-state index contributed by atoms with van der Waals surface area (Å²) in [6.07, 6.45) is 4.48. The number of rotatable bonds is 3. The van der Waals surface area contributed by atoms with E-state index in [1.54, 1.807) is 18.7 Å². The predicted octanol–water partition coefficient (Wildman–Crippen LogP) is 1.96. The fourth-order valence-corrected chi connectivity index (χ4v) is 5.76. The van der Waals surface area contributed by atoms with Crippen molar-refractivity contribution in [2.75, 3.05) is 23.8 Å². The second-order valence-corrected chi connectivity index (χ2v) is 8.64. The molecular formula is C12H22N2O2S2. The van der Waals surface area contributed by atoms with E-state index < -0.39 is 15.2 Å². The fraction of sp³-hybridized carbons (Fsp3) is 0.917. The second kappa shape index (κ2) is 5.82. The van der Waals surface area contributed by atoms with Crippen LogP contribution in [0.3, 0.4) is 0 Å². The maximum atomic E-state index is 12.1. The molecule has 1 heterocycles. The molecule has 1 saturated heterocycles. The van der Waals surface area contributed by atoms with Gasteiger partial charge in [0.2, 0.25) is 0 Å². The van der Waals surface area contributed by atoms with Crippen LogP contribution < -0.4 is 0 Å². The number of thioether (sulfide) groups is 1. The standard InChI is InChI=1S/C12H22N2O2S2/c1-2-18(15,16)11-9-17-8-7-14(11)12(13)10-5-3-4-6-10/h10-11,13H,2-9H2,1H3. The van der Waals surface area contributed by atoms with Crippen molar-refractivity contribution in [3.63, 3.8) is 0 Å². The van der Waals surface area contributed by atoms with Crippen LogP contribution in [0.4, 0.5) is 0 Å². The Kier molecular flexibility index (Phi) is 4.59. The van der Waals surface area contributed by atoms with E-state index in [1.165, 1.54) is 12.8 Å². The summed E-state index contributed by atoms with van der Waals surface area (Å²) in [5.74, 6) is 2.60. The van der Waals surface area contributed by atoms with E-state index in [2.05, 4.69) is 0 Å². The van der Waals surface area contributed by atoms with Gasteiger partial charge in [0, 0.05) is 29.7 Å². The Balaban J connectivity index is 2.15. The third-order valence-electron chi connectivity index (χ3n) is 3.95. The van der Waals surface area contributed by atoms with Crippen molar-refractivity contribution < 1.29 is 8.42 Å². The Labute approximate surface area is 114 Å². The molecule has 1 aliphatic heterocycles. The molecule has 18 heavy (non-hydrogen) atoms. The van der Waals surface area contributed by atoms with Crippen LogP contribution in [0.2, 0.25) is 0 Å². The molecule has 2 aliphatic rings. The third-order valence-corrected chi connectivity index (χ3v) is 7.24. The molecule has 6 heteroatoms. The van der Waals surface area contributed by atoms with Gasteiger partial charge in [-0.15, -0.1) is 0 Å². The van der Waals surface area contributed by atoms with Crippen molar-refractivity contribution >= 4 is 27.4 Å². The molecule has 2 fully saturated rings. The zero-order chi connectivity index (χ0) is 13.2. The summed E-state index contributed by atoms with van der Waals surface area (Å²) in [5, 5.41) is 7.85. The highest BCUT2D eigenvalue weighted by Gasteiger charge is 2.36. The van der Waals surface area contributed by atoms with Gasteiger partial charge in [-0.25, -0.2) is 8.42 Å². The van der Waals surface area contributed by atoms with Gasteiger partial charge in [0.25, 0.3) is 0 Å². The summed E-state index contributed by atoms with van der Waals surface area (Å²) < 4.78 is 24.3. The molecule has 1 aliphatic carbocycles. The van der Waals surface area contributed by atoms with Crippen LogP contribution in [0, 0.1) is 11.3 Å². The Bertz CT molecular complexity index is 402. The van der Waals surface area contributed by atoms with Crippen molar-refractivity contribution in [1.29, 1.82) is 5.41 Å². The van der Waals surface area contributed by atoms with Crippen molar-refractivity contribution in [2.45, 2.75) is 38.0 Å². The van der Waals surface area contributed by atoms with Crippen LogP contribution in [0.15, 0.2) is 0 Å². The number of amidine groups is 1. The van der Waals surface area contributed by atoms with Crippen LogP contribution in [-0.4, -0.2) is 48.3 Å². The molecule has 0 aromatic carbocycles. The Morgan fingerprint density at radius 2 is 2.06 bits per heavy atom. The number of sulfone groups is 1. The lowest BCUT2D eigenvalue weighted by atomic mass is 10.1. The average molecular weight is 290 g/mol. The number of hydrogen-bond acceptors (Lipinski definition) is 4. The van der Waals surface area contributed by atoms with Crippen molar-refractivity contribution in [3.8, 4) is 0 Å². The number of nitrogens with zero attached hydrogens (tertiary/aromatic N) is 1. The lowest BCUT2D eigenvalue weighted by molar-refractivity contribution is 0.382. The molecule has 2 rings (SSSR count). The first-order valence-electron chi connectivity index (χ1n) is 6.70. The third kappa shape index (κ3) is 2.85. The molecule has 0 bridgehead atoms. The van der Waals surface area contributed by atoms with Gasteiger partial charge in [0.1, 0.15) is 11.2 Å². The minimum atomic E-state index is -3.08. The highest BCUT2D eigenvalue weighted by atomic mass is 32.2. The van der Waals surface area contributed by atoms with E-state index in [1.807, 2.05) is 4.90 Å². The lowest BCUT2D eigenvalue weighted by Crippen LogP contribution is -2.52. The van der Waals surface area contributed by atoms with E-state index in [-0.39, 0.29) is 5.75 Å². The van der Waals surface area contributed by atoms with Gasteiger partial charge in [-0.05, 0) is 12.8 Å². The van der Waals surface area contributed by atoms with E-state index in [0.29, 0.717) is 24.1 Å². The van der Waals surface area contributed by atoms with Gasteiger partial charge in [0.15, 0.2) is 9.84 Å². The quantitative estimate of drug-likeness (QED) is 0.637. The van der Waals surface area contributed by atoms with Crippen molar-refractivity contribution in [2.24, 2.45) is 5.92 Å². The van der Waals surface area contributed by atoms with E-state index in [0.717, 1.165) is 18.6 Å². The predicted molar refractivity (Wildman–Crippen MR) is 77.0 cm³/mol. The summed E-state index contributed by atoms with van der Waals surface area (Å²) in [5.41, 5.74) is 0. The van der Waals surface area contributed by atoms with Gasteiger partial charge in [-0.2, -0.15) is 11.8 Å². The van der Waals surface area contributed by atoms with E-state index in [4.69, 9.17) is 5.41 Å². The molecule has 0 aromatic heterocycles. The summed E-state index contributed by atoms with van der Waals surface area (Å²) in [6, 6.07) is 0. The van der Waals surface area contributed by atoms with Crippen LogP contribution >= 0.6 is 11.8 Å². The summed E-state index contributed by atoms with van der Waals surface area (Å²) in [7, 11) is -3.08. The maximum absolute atomic E-state index is 12.1. The zero-order valence-corrected chi connectivity index (χ0v) is 12.5. The SMILES string of the molecule is CCS(=O)(=O)C1CSCCN1C(=N)C1CCCC1. The van der Waals surface area contributed by atoms with Gasteiger partial charge in [-0.3, -0.25) is 5.41 Å². The molecule has 104 valence electrons. The summed E-state index contributed by atoms with van der Waals surface area (Å²) >= 11 is 1.69. The Hall–Kier alpha value is -0.230. The summed E-state index contributed by atoms with van der Waals surface area (Å²) in [4.78, 5) is 1.87. The molecule has 1 atom stereocenters. The smallest absolute Gasteiger partial charge is 0.171 e. The zero-order valence-electron chi connectivity index (χ0n) is 10.9. The normalized spacial score (nSPS) is 26.5. The number of nitrogens with one attached hydrogen (secondary N) is 1. The average Bonchev–Trinajstić information content (AvgIpc) is 2.92. The maximum Gasteiger partial charge on any atom is 0.171 e. The van der Waals surface area contributed by atoms with Crippen LogP contribution in [0.25, 0.3) is 0 Å². The highest BCUT2D eigenvalue weighted by molar-refractivity contribution is 8.01. The van der Waals surface area contributed by atoms with E-state index >= 15 is 0 Å². The lowest BCUT2D eigenvalue weighted by Gasteiger charge is -2.38. The molecule has 4 nitrogen and oxygen atoms in total. The molecule has 1 N–H and O–H groups in total. The molecule has 0 spiro atoms. The molecule has 0 radical (unpaired) electrons. The largest absolute Gasteiger partial charge is 0.342 e. The second-order valence-electron chi connectivity index (χ2n) is 5.04. The van der Waals surface area contributed by atoms with Crippen LogP contribution in [0.1, 0.15) is 32.6 Å². The fourth-order valence-electron chi connectivity index (χ4n) is 2.78. The van der Waals surface area contributed by atoms with Gasteiger partial charge in [-0.1, -0.05) is 19.8 Å². The summed E-state index contributed by atoms with van der Waals surface area (Å²) in [6.45, 7) is 2.41. The monoisotopic (exact) mass is 290 g/mol. The van der Waals surface area contributed by atoms with Crippen LogP contribution in [0.5, 0.6) is 0 Å². The molecule has 0 amide bonds. The Morgan fingerprint density at radius 1 is 1.39 bits per heavy atom. The van der Waals surface area contributed by atoms with Crippen molar-refractivity contribution in [1.82, 2.24) is 4.90 Å². The van der Waals surface area contributed by atoms with Gasteiger partial charge in [0.05, 0.1) is 0 Å². The Morgan fingerprint density at radius 3 is 2.67 bits per heavy atom. The topological polar surface area (TPSA) is 61.2 Å². The number of hydrogen-bond donors (Lipinski definition) is 1. The first-order valence-corrected chi connectivity index (χ1v) is 9.57. The molecule has 1 saturated carbocycles. The molecular weight excluding hydrogens is 268 g/mol. The van der Waals surface area contributed by atoms with Crippen LogP contribution in [-0.2, 0) is 9.84 Å². The highest BCUT2D eigenvalue weighted by Crippen LogP contribution is 2.30. The minimum absolute atomic E-state index is 0.173. The van der Waals surface area contributed by atoms with E-state index in [9.17, 15) is 8.42 Å². The van der Waals surface area contributed by atoms with Crippen molar-refractivity contribution in [3.05, 3.63) is 0 Å². The van der Waals surface area contributed by atoms with Gasteiger partial charge < -0.3 is 4.90 Å². The first-order chi connectivity index (χ1) is 8.56. The molecule has 0 aromatic rings. The van der Waals surface area contributed by atoms with Gasteiger partial charge >= 0.3 is 0 Å². The first kappa shape index (κ1) is 14.2. The minimum Gasteiger partial charge on any atom is -0.342 e.